The molecule has 0 atom stereocenters. The van der Waals surface area contributed by atoms with Gasteiger partial charge < -0.3 is 15.8 Å². The Balaban J connectivity index is 1.60. The first-order valence-corrected chi connectivity index (χ1v) is 8.94. The van der Waals surface area contributed by atoms with Crippen LogP contribution in [0.15, 0.2) is 66.9 Å². The molecule has 0 spiro atoms. The standard InChI is InChI=1S/C21H17F3N4O3/c22-21(23,24)18-11-12-26-28(18)16-6-4-15(5-7-16)27-20(30)10-3-14-1-8-17(9-2-14)31-13-19(25)29/h1-12H,13H2,(H2,25,29)(H,27,30)/b10-3+. The number of hydrogen-bond donors (Lipinski definition) is 2. The van der Waals surface area contributed by atoms with Crippen LogP contribution in [0.3, 0.4) is 0 Å². The molecule has 3 N–H and O–H groups in total. The van der Waals surface area contributed by atoms with Gasteiger partial charge in [-0.2, -0.15) is 18.3 Å². The summed E-state index contributed by atoms with van der Waals surface area (Å²) in [7, 11) is 0. The third kappa shape index (κ3) is 5.95. The number of nitrogens with zero attached hydrogens (tertiary/aromatic N) is 2. The van der Waals surface area contributed by atoms with Crippen LogP contribution in [0.25, 0.3) is 11.8 Å². The lowest BCUT2D eigenvalue weighted by molar-refractivity contribution is -0.142. The van der Waals surface area contributed by atoms with Crippen LogP contribution >= 0.6 is 0 Å². The Labute approximate surface area is 174 Å². The molecule has 160 valence electrons. The highest BCUT2D eigenvalue weighted by molar-refractivity contribution is 6.01. The lowest BCUT2D eigenvalue weighted by Gasteiger charge is -2.11. The number of halogens is 3. The third-order valence-electron chi connectivity index (χ3n) is 4.00. The van der Waals surface area contributed by atoms with E-state index in [1.54, 1.807) is 30.3 Å². The molecule has 31 heavy (non-hydrogen) atoms. The zero-order valence-electron chi connectivity index (χ0n) is 16.0. The SMILES string of the molecule is NC(=O)COc1ccc(/C=C/C(=O)Nc2ccc(-n3nccc3C(F)(F)F)cc2)cc1. The van der Waals surface area contributed by atoms with E-state index >= 15 is 0 Å². The van der Waals surface area contributed by atoms with Crippen molar-refractivity contribution in [2.75, 3.05) is 11.9 Å². The second-order valence-electron chi connectivity index (χ2n) is 6.32. The summed E-state index contributed by atoms with van der Waals surface area (Å²) >= 11 is 0. The molecule has 7 nitrogen and oxygen atoms in total. The van der Waals surface area contributed by atoms with Crippen molar-refractivity contribution < 1.29 is 27.5 Å². The first-order valence-electron chi connectivity index (χ1n) is 8.94. The van der Waals surface area contributed by atoms with Gasteiger partial charge in [0.2, 0.25) is 5.91 Å². The van der Waals surface area contributed by atoms with E-state index in [1.165, 1.54) is 30.3 Å². The minimum absolute atomic E-state index is 0.213. The maximum Gasteiger partial charge on any atom is 0.433 e. The van der Waals surface area contributed by atoms with E-state index in [1.807, 2.05) is 0 Å². The number of carbonyl (C=O) groups excluding carboxylic acids is 2. The van der Waals surface area contributed by atoms with Gasteiger partial charge in [-0.1, -0.05) is 12.1 Å². The van der Waals surface area contributed by atoms with Crippen LogP contribution in [0.4, 0.5) is 18.9 Å². The number of nitrogens with one attached hydrogen (secondary N) is 1. The number of benzene rings is 2. The topological polar surface area (TPSA) is 99.2 Å². The van der Waals surface area contributed by atoms with Crippen molar-refractivity contribution in [3.63, 3.8) is 0 Å². The average Bonchev–Trinajstić information content (AvgIpc) is 3.22. The van der Waals surface area contributed by atoms with Crippen LogP contribution in [0.1, 0.15) is 11.3 Å². The van der Waals surface area contributed by atoms with Gasteiger partial charge in [-0.05, 0) is 54.1 Å². The van der Waals surface area contributed by atoms with Crippen LogP contribution in [0.2, 0.25) is 0 Å². The normalized spacial score (nSPS) is 11.5. The van der Waals surface area contributed by atoms with Crippen molar-refractivity contribution in [2.24, 2.45) is 5.73 Å². The van der Waals surface area contributed by atoms with Gasteiger partial charge in [0.05, 0.1) is 11.9 Å². The van der Waals surface area contributed by atoms with Crippen LogP contribution in [-0.2, 0) is 15.8 Å². The van der Waals surface area contributed by atoms with Crippen LogP contribution < -0.4 is 15.8 Å². The molecule has 0 saturated carbocycles. The van der Waals surface area contributed by atoms with Gasteiger partial charge in [0.1, 0.15) is 11.4 Å². The Hall–Kier alpha value is -4.08. The molecule has 0 radical (unpaired) electrons. The molecule has 2 amide bonds. The largest absolute Gasteiger partial charge is 0.484 e. The van der Waals surface area contributed by atoms with Crippen molar-refractivity contribution in [3.05, 3.63) is 78.1 Å². The minimum Gasteiger partial charge on any atom is -0.484 e. The molecule has 0 aliphatic rings. The number of nitrogens with two attached hydrogens (primary N) is 1. The molecule has 2 aromatic carbocycles. The molecule has 10 heteroatoms. The maximum absolute atomic E-state index is 13.0. The predicted molar refractivity (Wildman–Crippen MR) is 107 cm³/mol. The highest BCUT2D eigenvalue weighted by Gasteiger charge is 2.35. The second-order valence-corrected chi connectivity index (χ2v) is 6.32. The fraction of sp³-hybridized carbons (Fsp3) is 0.0952. The molecule has 0 unspecified atom stereocenters. The number of carbonyl (C=O) groups is 2. The fourth-order valence-electron chi connectivity index (χ4n) is 2.60. The Morgan fingerprint density at radius 1 is 1.06 bits per heavy atom. The van der Waals surface area contributed by atoms with Crippen molar-refractivity contribution >= 4 is 23.6 Å². The molecule has 0 aliphatic heterocycles. The summed E-state index contributed by atoms with van der Waals surface area (Å²) in [5, 5.41) is 6.32. The maximum atomic E-state index is 13.0. The number of rotatable bonds is 7. The molecule has 0 bridgehead atoms. The Kier molecular flexibility index (Phi) is 6.39. The third-order valence-corrected chi connectivity index (χ3v) is 4.00. The highest BCUT2D eigenvalue weighted by Crippen LogP contribution is 2.30. The lowest BCUT2D eigenvalue weighted by Crippen LogP contribution is -2.19. The monoisotopic (exact) mass is 430 g/mol. The van der Waals surface area contributed by atoms with Crippen LogP contribution in [0, 0.1) is 0 Å². The molecule has 3 aromatic rings. The van der Waals surface area contributed by atoms with Gasteiger partial charge in [0.25, 0.3) is 5.91 Å². The molecule has 0 aliphatic carbocycles. The Bertz CT molecular complexity index is 1090. The number of primary amides is 1. The lowest BCUT2D eigenvalue weighted by atomic mass is 10.2. The predicted octanol–water partition coefficient (Wildman–Crippen LogP) is 3.41. The van der Waals surface area contributed by atoms with E-state index in [0.29, 0.717) is 11.4 Å². The first kappa shape index (κ1) is 21.6. The van der Waals surface area contributed by atoms with Gasteiger partial charge in [-0.25, -0.2) is 4.68 Å². The summed E-state index contributed by atoms with van der Waals surface area (Å²) in [5.74, 6) is -0.540. The van der Waals surface area contributed by atoms with Crippen molar-refractivity contribution in [1.29, 1.82) is 0 Å². The van der Waals surface area contributed by atoms with Crippen molar-refractivity contribution in [1.82, 2.24) is 9.78 Å². The summed E-state index contributed by atoms with van der Waals surface area (Å²) < 4.78 is 44.9. The number of anilines is 1. The fourth-order valence-corrected chi connectivity index (χ4v) is 2.60. The van der Waals surface area contributed by atoms with Gasteiger partial charge >= 0.3 is 6.18 Å². The summed E-state index contributed by atoms with van der Waals surface area (Å²) in [6.45, 7) is -0.228. The van der Waals surface area contributed by atoms with Gasteiger partial charge in [0, 0.05) is 11.8 Å². The number of aromatic nitrogens is 2. The number of hydrogen-bond acceptors (Lipinski definition) is 4. The van der Waals surface area contributed by atoms with E-state index in [-0.39, 0.29) is 12.3 Å². The number of ether oxygens (including phenoxy) is 1. The van der Waals surface area contributed by atoms with Gasteiger partial charge in [-0.3, -0.25) is 9.59 Å². The van der Waals surface area contributed by atoms with Crippen molar-refractivity contribution in [3.8, 4) is 11.4 Å². The molecule has 1 aromatic heterocycles. The summed E-state index contributed by atoms with van der Waals surface area (Å²) in [4.78, 5) is 22.8. The smallest absolute Gasteiger partial charge is 0.433 e. The summed E-state index contributed by atoms with van der Waals surface area (Å²) in [6, 6.07) is 13.3. The molecular formula is C21H17F3N4O3. The quantitative estimate of drug-likeness (QED) is 0.561. The van der Waals surface area contributed by atoms with Gasteiger partial charge in [-0.15, -0.1) is 0 Å². The molecule has 3 rings (SSSR count). The number of alkyl halides is 3. The van der Waals surface area contributed by atoms with Crippen LogP contribution in [-0.4, -0.2) is 28.2 Å². The zero-order valence-corrected chi connectivity index (χ0v) is 16.0. The van der Waals surface area contributed by atoms with E-state index in [4.69, 9.17) is 10.5 Å². The molecular weight excluding hydrogens is 413 g/mol. The molecule has 0 saturated heterocycles. The summed E-state index contributed by atoms with van der Waals surface area (Å²) in [6.07, 6.45) is -0.580. The van der Waals surface area contributed by atoms with E-state index < -0.39 is 23.7 Å². The van der Waals surface area contributed by atoms with E-state index in [9.17, 15) is 22.8 Å². The average molecular weight is 430 g/mol. The first-order chi connectivity index (χ1) is 14.7. The molecule has 1 heterocycles. The second kappa shape index (κ2) is 9.16. The summed E-state index contributed by atoms with van der Waals surface area (Å²) in [5.41, 5.74) is 5.45. The Morgan fingerprint density at radius 3 is 2.35 bits per heavy atom. The van der Waals surface area contributed by atoms with E-state index in [0.717, 1.165) is 22.5 Å². The van der Waals surface area contributed by atoms with Crippen LogP contribution in [0.5, 0.6) is 5.75 Å². The zero-order chi connectivity index (χ0) is 22.4. The molecule has 0 fully saturated rings. The minimum atomic E-state index is -4.53. The van der Waals surface area contributed by atoms with E-state index in [2.05, 4.69) is 10.4 Å². The number of amides is 2. The van der Waals surface area contributed by atoms with Crippen molar-refractivity contribution in [2.45, 2.75) is 6.18 Å². The highest BCUT2D eigenvalue weighted by atomic mass is 19.4. The van der Waals surface area contributed by atoms with Gasteiger partial charge in [0.15, 0.2) is 6.61 Å². The Morgan fingerprint density at radius 2 is 1.74 bits per heavy atom.